The molecular weight excluding hydrogens is 175 g/mol. The van der Waals surface area contributed by atoms with E-state index in [-0.39, 0.29) is 11.8 Å². The molecule has 0 aromatic carbocycles. The Morgan fingerprint density at radius 3 is 2.45 bits per heavy atom. The molecule has 0 spiro atoms. The van der Waals surface area contributed by atoms with Gasteiger partial charge in [0.05, 0.1) is 5.03 Å². The lowest BCUT2D eigenvalue weighted by Gasteiger charge is -1.97. The molecule has 0 unspecified atom stereocenters. The zero-order valence-electron chi connectivity index (χ0n) is 5.69. The Kier molecular flexibility index (Phi) is 4.10. The molecule has 2 N–H and O–H groups in total. The maximum Gasteiger partial charge on any atom is 0.409 e. The summed E-state index contributed by atoms with van der Waals surface area (Å²) in [5.41, 5.74) is 5.10. The molecule has 64 valence electrons. The van der Waals surface area contributed by atoms with Gasteiger partial charge in [-0.2, -0.15) is 13.2 Å². The first-order valence-electron chi connectivity index (χ1n) is 2.73. The molecule has 1 nitrogen and oxygen atoms in total. The van der Waals surface area contributed by atoms with Gasteiger partial charge >= 0.3 is 6.18 Å². The highest BCUT2D eigenvalue weighted by Gasteiger charge is 2.21. The van der Waals surface area contributed by atoms with Gasteiger partial charge in [0.25, 0.3) is 0 Å². The van der Waals surface area contributed by atoms with Gasteiger partial charge in [0, 0.05) is 11.8 Å². The van der Waals surface area contributed by atoms with Gasteiger partial charge in [-0.15, -0.1) is 11.8 Å². The van der Waals surface area contributed by atoms with Crippen molar-refractivity contribution < 1.29 is 13.2 Å². The first-order chi connectivity index (χ1) is 4.92. The third-order valence-electron chi connectivity index (χ3n) is 0.672. The fourth-order valence-corrected chi connectivity index (χ4v) is 0.743. The van der Waals surface area contributed by atoms with Crippen molar-refractivity contribution in [2.45, 2.75) is 6.18 Å². The highest BCUT2D eigenvalue weighted by Crippen LogP contribution is 2.17. The summed E-state index contributed by atoms with van der Waals surface area (Å²) in [6.45, 7) is 3.31. The summed E-state index contributed by atoms with van der Waals surface area (Å²) >= 11 is 1.07. The van der Waals surface area contributed by atoms with E-state index in [1.807, 2.05) is 0 Å². The molecule has 0 radical (unpaired) electrons. The Labute approximate surface area is 67.1 Å². The summed E-state index contributed by atoms with van der Waals surface area (Å²) in [5, 5.41) is 0.317. The highest BCUT2D eigenvalue weighted by molar-refractivity contribution is 8.03. The Balaban J connectivity index is 3.54. The first-order valence-corrected chi connectivity index (χ1v) is 3.72. The van der Waals surface area contributed by atoms with E-state index in [0.29, 0.717) is 5.03 Å². The van der Waals surface area contributed by atoms with Crippen LogP contribution in [-0.2, 0) is 0 Å². The van der Waals surface area contributed by atoms with Gasteiger partial charge in [0.1, 0.15) is 0 Å². The number of allylic oxidation sites excluding steroid dienone is 1. The number of alkyl halides is 3. The van der Waals surface area contributed by atoms with Gasteiger partial charge < -0.3 is 5.73 Å². The molecule has 0 heterocycles. The van der Waals surface area contributed by atoms with Crippen LogP contribution in [0.25, 0.3) is 0 Å². The molecule has 0 rings (SSSR count). The zero-order chi connectivity index (χ0) is 8.91. The average Bonchev–Trinajstić information content (AvgIpc) is 1.78. The summed E-state index contributed by atoms with van der Waals surface area (Å²) in [4.78, 5) is 0. The number of rotatable bonds is 3. The summed E-state index contributed by atoms with van der Waals surface area (Å²) < 4.78 is 34.3. The normalized spacial score (nSPS) is 12.3. The molecule has 0 aliphatic carbocycles. The summed E-state index contributed by atoms with van der Waals surface area (Å²) in [6.07, 6.45) is -3.04. The molecule has 0 aliphatic heterocycles. The van der Waals surface area contributed by atoms with Gasteiger partial charge in [-0.05, 0) is 0 Å². The highest BCUT2D eigenvalue weighted by atomic mass is 32.2. The van der Waals surface area contributed by atoms with Crippen LogP contribution in [-0.4, -0.2) is 11.9 Å². The quantitative estimate of drug-likeness (QED) is 0.679. The minimum Gasteiger partial charge on any atom is -0.394 e. The van der Waals surface area contributed by atoms with Crippen molar-refractivity contribution in [1.82, 2.24) is 0 Å². The largest absolute Gasteiger partial charge is 0.409 e. The Bertz CT molecular complexity index is 162. The van der Waals surface area contributed by atoms with E-state index in [1.54, 1.807) is 0 Å². The van der Waals surface area contributed by atoms with Gasteiger partial charge in [-0.3, -0.25) is 0 Å². The fraction of sp³-hybridized carbons (Fsp3) is 0.333. The van der Waals surface area contributed by atoms with Crippen LogP contribution in [0.15, 0.2) is 23.8 Å². The van der Waals surface area contributed by atoms with Crippen molar-refractivity contribution >= 4 is 11.8 Å². The van der Waals surface area contributed by atoms with E-state index in [1.165, 1.54) is 0 Å². The number of thioether (sulfide) groups is 1. The van der Waals surface area contributed by atoms with Crippen LogP contribution in [0.3, 0.4) is 0 Å². The van der Waals surface area contributed by atoms with Crippen molar-refractivity contribution in [3.8, 4) is 0 Å². The lowest BCUT2D eigenvalue weighted by atomic mass is 10.5. The molecular formula is C6H8F3NS. The Morgan fingerprint density at radius 2 is 2.09 bits per heavy atom. The molecule has 11 heavy (non-hydrogen) atoms. The molecule has 5 heteroatoms. The monoisotopic (exact) mass is 183 g/mol. The van der Waals surface area contributed by atoms with E-state index in [4.69, 9.17) is 5.73 Å². The van der Waals surface area contributed by atoms with Crippen molar-refractivity contribution in [2.24, 2.45) is 5.73 Å². The maximum atomic E-state index is 11.4. The molecule has 0 aromatic heterocycles. The fourth-order valence-electron chi connectivity index (χ4n) is 0.337. The topological polar surface area (TPSA) is 26.0 Å². The number of hydrogen-bond acceptors (Lipinski definition) is 2. The standard InChI is InChI=1S/C6H8F3NS/c1-5(10)11-4-2-3-6(7,8)9/h2-3H,1,4,10H2/b3-2+. The van der Waals surface area contributed by atoms with Crippen molar-refractivity contribution in [3.05, 3.63) is 23.8 Å². The second-order valence-corrected chi connectivity index (χ2v) is 2.87. The zero-order valence-corrected chi connectivity index (χ0v) is 6.50. The summed E-state index contributed by atoms with van der Waals surface area (Å²) in [5.74, 6) is 0.203. The minimum atomic E-state index is -4.23. The third kappa shape index (κ3) is 9.42. The molecule has 0 aromatic rings. The summed E-state index contributed by atoms with van der Waals surface area (Å²) in [6, 6.07) is 0. The van der Waals surface area contributed by atoms with Crippen LogP contribution in [0.1, 0.15) is 0 Å². The van der Waals surface area contributed by atoms with Crippen LogP contribution in [0.2, 0.25) is 0 Å². The van der Waals surface area contributed by atoms with Gasteiger partial charge in [0.15, 0.2) is 0 Å². The van der Waals surface area contributed by atoms with E-state index < -0.39 is 6.18 Å². The van der Waals surface area contributed by atoms with Gasteiger partial charge in [-0.25, -0.2) is 0 Å². The smallest absolute Gasteiger partial charge is 0.394 e. The molecule has 0 amide bonds. The van der Waals surface area contributed by atoms with E-state index in [0.717, 1.165) is 17.8 Å². The molecule has 0 atom stereocenters. The lowest BCUT2D eigenvalue weighted by Crippen LogP contribution is -2.00. The first kappa shape index (κ1) is 10.4. The average molecular weight is 183 g/mol. The third-order valence-corrected chi connectivity index (χ3v) is 1.40. The molecule has 0 fully saturated rings. The number of nitrogens with two attached hydrogens (primary N) is 1. The van der Waals surface area contributed by atoms with Crippen LogP contribution in [0.4, 0.5) is 13.2 Å². The van der Waals surface area contributed by atoms with Crippen molar-refractivity contribution in [1.29, 1.82) is 0 Å². The maximum absolute atomic E-state index is 11.4. The van der Waals surface area contributed by atoms with Crippen molar-refractivity contribution in [3.63, 3.8) is 0 Å². The van der Waals surface area contributed by atoms with Crippen LogP contribution >= 0.6 is 11.8 Å². The number of hydrogen-bond donors (Lipinski definition) is 1. The predicted octanol–water partition coefficient (Wildman–Crippen LogP) is 2.27. The molecule has 0 saturated heterocycles. The summed E-state index contributed by atoms with van der Waals surface area (Å²) in [7, 11) is 0. The van der Waals surface area contributed by atoms with Gasteiger partial charge in [0.2, 0.25) is 0 Å². The lowest BCUT2D eigenvalue weighted by molar-refractivity contribution is -0.0799. The molecule has 0 aliphatic rings. The predicted molar refractivity (Wildman–Crippen MR) is 41.0 cm³/mol. The number of halogens is 3. The van der Waals surface area contributed by atoms with E-state index in [2.05, 4.69) is 6.58 Å². The van der Waals surface area contributed by atoms with Crippen LogP contribution < -0.4 is 5.73 Å². The molecule has 0 bridgehead atoms. The van der Waals surface area contributed by atoms with Crippen LogP contribution in [0.5, 0.6) is 0 Å². The Hall–Kier alpha value is -0.580. The SMILES string of the molecule is C=C(N)SC/C=C/C(F)(F)F. The molecule has 0 saturated carbocycles. The van der Waals surface area contributed by atoms with E-state index in [9.17, 15) is 13.2 Å². The van der Waals surface area contributed by atoms with Crippen molar-refractivity contribution in [2.75, 3.05) is 5.75 Å². The Morgan fingerprint density at radius 1 is 1.55 bits per heavy atom. The van der Waals surface area contributed by atoms with Crippen LogP contribution in [0, 0.1) is 0 Å². The van der Waals surface area contributed by atoms with E-state index >= 15 is 0 Å². The minimum absolute atomic E-state index is 0.183. The van der Waals surface area contributed by atoms with Gasteiger partial charge in [-0.1, -0.05) is 12.7 Å². The second kappa shape index (κ2) is 4.33. The second-order valence-electron chi connectivity index (χ2n) is 1.72.